The van der Waals surface area contributed by atoms with Crippen LogP contribution in [0.4, 0.5) is 38.4 Å². The van der Waals surface area contributed by atoms with Crippen molar-refractivity contribution in [3.8, 4) is 46.0 Å². The number of fused-ring (bicyclic) bond motifs is 8. The van der Waals surface area contributed by atoms with Crippen LogP contribution in [0.3, 0.4) is 0 Å². The molecule has 5 rings (SSSR count). The maximum Gasteiger partial charge on any atom is 0.513 e. The lowest BCUT2D eigenvalue weighted by molar-refractivity contribution is 0.117. The summed E-state index contributed by atoms with van der Waals surface area (Å²) in [5.74, 6) is -5.45. The van der Waals surface area contributed by atoms with E-state index in [1.54, 1.807) is 24.3 Å². The molecule has 4 aromatic carbocycles. The van der Waals surface area contributed by atoms with Gasteiger partial charge >= 0.3 is 49.2 Å². The molecule has 0 atom stereocenters. The fraction of sp³-hybridized carbons (Fsp3) is 0.619. The second-order valence-corrected chi connectivity index (χ2v) is 27.4. The Bertz CT molecular complexity index is 2840. The topological polar surface area (TPSA) is 284 Å². The van der Waals surface area contributed by atoms with Gasteiger partial charge in [0.25, 0.3) is 0 Å². The van der Waals surface area contributed by atoms with Gasteiger partial charge < -0.3 is 75.8 Å². The van der Waals surface area contributed by atoms with Crippen molar-refractivity contribution in [2.24, 2.45) is 0 Å². The van der Waals surface area contributed by atoms with E-state index in [4.69, 9.17) is 75.8 Å². The highest BCUT2D eigenvalue weighted by Crippen LogP contribution is 2.54. The molecule has 0 heterocycles. The molecule has 0 aliphatic heterocycles. The smallest absolute Gasteiger partial charge is 0.437 e. The maximum absolute atomic E-state index is 14.0. The van der Waals surface area contributed by atoms with Crippen molar-refractivity contribution >= 4 is 49.2 Å². The van der Waals surface area contributed by atoms with Gasteiger partial charge in [0.05, 0.1) is 56.9 Å². The number of benzene rings is 4. The van der Waals surface area contributed by atoms with Crippen LogP contribution in [0.2, 0.25) is 0 Å². The van der Waals surface area contributed by atoms with Crippen molar-refractivity contribution in [2.45, 2.75) is 283 Å². The molecule has 1 aliphatic carbocycles. The lowest BCUT2D eigenvalue weighted by Gasteiger charge is -2.31. The largest absolute Gasteiger partial charge is 0.513 e. The molecule has 8 bridgehead atoms. The molecule has 4 aromatic rings. The summed E-state index contributed by atoms with van der Waals surface area (Å²) in [6.45, 7) is 8.63. The Labute approximate surface area is 639 Å². The van der Waals surface area contributed by atoms with Crippen LogP contribution in [-0.2, 0) is 37.9 Å². The molecule has 0 unspecified atom stereocenters. The number of ether oxygens (including phenoxy) is 16. The van der Waals surface area contributed by atoms with Crippen LogP contribution in [0.25, 0.3) is 0 Å². The van der Waals surface area contributed by atoms with Crippen LogP contribution in [-0.4, -0.2) is 106 Å². The average molecular weight is 1510 g/mol. The summed E-state index contributed by atoms with van der Waals surface area (Å²) in [5.41, 5.74) is 2.12. The lowest BCUT2D eigenvalue weighted by atomic mass is 9.76. The first-order valence-electron chi connectivity index (χ1n) is 39.2. The monoisotopic (exact) mass is 1510 g/mol. The SMILES string of the molecule is CCCCCCCCCCC1c2cc(c(OC(=O)OC)cc2OC(=O)OC)C(CCCCCCCCCC)c2cc(c(OC(=O)OC)cc2OC(=O)OC)C(CCCCCCCCCC)c2cc(c(OC(=O)OC)cc2OC(=O)OC)C(CCCCCCCCCC)c2cc1c(OC(=O)OC)cc2OC(=O)OC. The highest BCUT2D eigenvalue weighted by atomic mass is 16.8. The Kier molecular flexibility index (Phi) is 42.0. The number of rotatable bonds is 44. The summed E-state index contributed by atoms with van der Waals surface area (Å²) in [6, 6.07) is 12.4. The minimum absolute atomic E-state index is 0.171. The van der Waals surface area contributed by atoms with Crippen LogP contribution in [0, 0.1) is 0 Å². The van der Waals surface area contributed by atoms with Gasteiger partial charge in [-0.25, -0.2) is 38.4 Å². The standard InChI is InChI=1S/C84H120O24/c1-13-17-21-25-29-33-37-41-45-57-61-49-63(71(103-79(87)95-7)53-69(61)101-77(85)93-5)58(46-42-38-34-30-26-22-18-14-2)65-51-67(75(107-83(91)99-11)55-73(65)105-81(89)97-9)60(48-44-40-36-32-28-24-20-16-4)68-52-66(74(106-82(90)98-10)56-76(68)108-84(92)100-12)59(47-43-39-35-31-27-23-19-15-3)64-50-62(57)70(102-78(86)94-6)54-72(64)104-80(88)96-8/h49-60H,13-48H2,1-12H3. The van der Waals surface area contributed by atoms with Crippen molar-refractivity contribution in [1.82, 2.24) is 0 Å². The molecule has 0 aromatic heterocycles. The molecule has 0 saturated heterocycles. The minimum atomic E-state index is -1.16. The molecular formula is C84H120O24. The van der Waals surface area contributed by atoms with E-state index in [0.29, 0.717) is 51.4 Å². The van der Waals surface area contributed by atoms with E-state index in [9.17, 15) is 38.4 Å². The molecule has 600 valence electrons. The fourth-order valence-corrected chi connectivity index (χ4v) is 14.2. The van der Waals surface area contributed by atoms with Gasteiger partial charge in [-0.2, -0.15) is 0 Å². The van der Waals surface area contributed by atoms with Gasteiger partial charge in [-0.3, -0.25) is 0 Å². The number of unbranched alkanes of at least 4 members (excludes halogenated alkanes) is 28. The van der Waals surface area contributed by atoms with Gasteiger partial charge in [0.15, 0.2) is 0 Å². The third-order valence-electron chi connectivity index (χ3n) is 19.8. The number of hydrogen-bond acceptors (Lipinski definition) is 24. The van der Waals surface area contributed by atoms with Gasteiger partial charge in [0.2, 0.25) is 0 Å². The molecule has 0 spiro atoms. The summed E-state index contributed by atoms with van der Waals surface area (Å²) >= 11 is 0. The van der Waals surface area contributed by atoms with Crippen LogP contribution in [0.5, 0.6) is 46.0 Å². The summed E-state index contributed by atoms with van der Waals surface area (Å²) < 4.78 is 91.8. The zero-order valence-corrected chi connectivity index (χ0v) is 66.2. The lowest BCUT2D eigenvalue weighted by Crippen LogP contribution is -2.20. The van der Waals surface area contributed by atoms with Gasteiger partial charge in [-0.1, -0.05) is 233 Å². The molecule has 0 N–H and O–H groups in total. The van der Waals surface area contributed by atoms with Crippen molar-refractivity contribution < 1.29 is 114 Å². The van der Waals surface area contributed by atoms with Gasteiger partial charge in [0, 0.05) is 92.4 Å². The van der Waals surface area contributed by atoms with E-state index in [1.165, 1.54) is 24.3 Å². The molecule has 24 nitrogen and oxygen atoms in total. The Morgan fingerprint density at radius 2 is 0.315 bits per heavy atom. The third kappa shape index (κ3) is 29.2. The van der Waals surface area contributed by atoms with E-state index in [2.05, 4.69) is 27.7 Å². The Hall–Kier alpha value is -8.96. The molecule has 1 aliphatic rings. The van der Waals surface area contributed by atoms with Crippen LogP contribution in [0.15, 0.2) is 48.5 Å². The van der Waals surface area contributed by atoms with E-state index in [0.717, 1.165) is 211 Å². The molecule has 0 saturated carbocycles. The Morgan fingerprint density at radius 1 is 0.194 bits per heavy atom. The Morgan fingerprint density at radius 3 is 0.435 bits per heavy atom. The Balaban J connectivity index is 2.26. The van der Waals surface area contributed by atoms with E-state index in [-0.39, 0.29) is 116 Å². The maximum atomic E-state index is 14.0. The summed E-state index contributed by atoms with van der Waals surface area (Å²) in [5, 5.41) is 0. The first-order valence-corrected chi connectivity index (χ1v) is 39.2. The normalized spacial score (nSPS) is 14.3. The first-order chi connectivity index (χ1) is 52.4. The van der Waals surface area contributed by atoms with E-state index >= 15 is 0 Å². The third-order valence-corrected chi connectivity index (χ3v) is 19.8. The average Bonchev–Trinajstić information content (AvgIpc) is 0.745. The van der Waals surface area contributed by atoms with Crippen LogP contribution < -0.4 is 37.9 Å². The second-order valence-electron chi connectivity index (χ2n) is 27.4. The van der Waals surface area contributed by atoms with Gasteiger partial charge in [-0.15, -0.1) is 0 Å². The zero-order valence-electron chi connectivity index (χ0n) is 66.2. The van der Waals surface area contributed by atoms with Crippen molar-refractivity contribution in [3.63, 3.8) is 0 Å². The predicted octanol–water partition coefficient (Wildman–Crippen LogP) is 23.8. The number of carbonyl (C=O) groups is 8. The first kappa shape index (κ1) is 89.7. The second kappa shape index (κ2) is 50.6. The highest BCUT2D eigenvalue weighted by Gasteiger charge is 2.38. The van der Waals surface area contributed by atoms with Gasteiger partial charge in [0.1, 0.15) is 46.0 Å². The number of hydrogen-bond donors (Lipinski definition) is 0. The molecule has 0 radical (unpaired) electrons. The fourth-order valence-electron chi connectivity index (χ4n) is 14.2. The predicted molar refractivity (Wildman–Crippen MR) is 406 cm³/mol. The zero-order chi connectivity index (χ0) is 78.6. The summed E-state index contributed by atoms with van der Waals surface area (Å²) in [7, 11) is 9.10. The molecule has 108 heavy (non-hydrogen) atoms. The molecular weight excluding hydrogens is 1390 g/mol. The summed E-state index contributed by atoms with van der Waals surface area (Å²) in [4.78, 5) is 112. The molecule has 0 fully saturated rings. The number of carbonyl (C=O) groups excluding carboxylic acids is 8. The van der Waals surface area contributed by atoms with E-state index in [1.807, 2.05) is 0 Å². The van der Waals surface area contributed by atoms with Crippen LogP contribution in [0.1, 0.15) is 327 Å². The number of methoxy groups -OCH3 is 8. The molecule has 0 amide bonds. The highest BCUT2D eigenvalue weighted by molar-refractivity contribution is 5.75. The van der Waals surface area contributed by atoms with Crippen molar-refractivity contribution in [3.05, 3.63) is 93.0 Å². The minimum Gasteiger partial charge on any atom is -0.437 e. The quantitative estimate of drug-likeness (QED) is 0.0172. The van der Waals surface area contributed by atoms with Gasteiger partial charge in [-0.05, 0) is 49.9 Å². The van der Waals surface area contributed by atoms with Crippen molar-refractivity contribution in [1.29, 1.82) is 0 Å². The van der Waals surface area contributed by atoms with Crippen molar-refractivity contribution in [2.75, 3.05) is 56.9 Å². The van der Waals surface area contributed by atoms with Crippen LogP contribution >= 0.6 is 0 Å². The van der Waals surface area contributed by atoms with E-state index < -0.39 is 72.9 Å². The summed E-state index contributed by atoms with van der Waals surface area (Å²) in [6.07, 6.45) is 20.5. The molecule has 24 heteroatoms.